The van der Waals surface area contributed by atoms with Crippen molar-refractivity contribution in [2.24, 2.45) is 7.05 Å². The van der Waals surface area contributed by atoms with Gasteiger partial charge in [-0.3, -0.25) is 20.2 Å². The standard InChI is InChI=1S/C9H7N5O4S/c1-12-5-10-11-9(12)19-8-3-2-6(13(15)16)4-7(8)14(17)18/h2-5H,1H3. The largest absolute Gasteiger partial charge is 0.311 e. The van der Waals surface area contributed by atoms with Gasteiger partial charge in [0.15, 0.2) is 5.16 Å². The number of benzene rings is 1. The lowest BCUT2D eigenvalue weighted by molar-refractivity contribution is -0.396. The number of nitro groups is 2. The molecule has 1 aromatic heterocycles. The van der Waals surface area contributed by atoms with Gasteiger partial charge in [-0.2, -0.15) is 0 Å². The molecular weight excluding hydrogens is 274 g/mol. The van der Waals surface area contributed by atoms with Crippen LogP contribution in [0.25, 0.3) is 0 Å². The highest BCUT2D eigenvalue weighted by Gasteiger charge is 2.21. The first-order valence-corrected chi connectivity index (χ1v) is 5.75. The number of rotatable bonds is 4. The summed E-state index contributed by atoms with van der Waals surface area (Å²) in [6.45, 7) is 0. The third kappa shape index (κ3) is 2.68. The SMILES string of the molecule is Cn1cnnc1Sc1ccc([N+](=O)[O-])cc1[N+](=O)[O-]. The van der Waals surface area contributed by atoms with Crippen molar-refractivity contribution < 1.29 is 9.85 Å². The van der Waals surface area contributed by atoms with E-state index in [2.05, 4.69) is 10.2 Å². The van der Waals surface area contributed by atoms with Crippen molar-refractivity contribution in [3.8, 4) is 0 Å². The van der Waals surface area contributed by atoms with Crippen LogP contribution in [-0.2, 0) is 7.05 Å². The molecule has 1 heterocycles. The first-order valence-electron chi connectivity index (χ1n) is 4.93. The molecule has 98 valence electrons. The molecule has 0 N–H and O–H groups in total. The fourth-order valence-corrected chi connectivity index (χ4v) is 2.16. The summed E-state index contributed by atoms with van der Waals surface area (Å²) in [5.74, 6) is 0. The summed E-state index contributed by atoms with van der Waals surface area (Å²) in [5, 5.41) is 29.4. The molecular formula is C9H7N5O4S. The van der Waals surface area contributed by atoms with Crippen LogP contribution < -0.4 is 0 Å². The molecule has 0 radical (unpaired) electrons. The van der Waals surface area contributed by atoms with Crippen molar-refractivity contribution in [1.82, 2.24) is 14.8 Å². The lowest BCUT2D eigenvalue weighted by Crippen LogP contribution is -1.95. The highest BCUT2D eigenvalue weighted by atomic mass is 32.2. The first kappa shape index (κ1) is 13.0. The van der Waals surface area contributed by atoms with Gasteiger partial charge in [-0.05, 0) is 17.8 Å². The fourth-order valence-electron chi connectivity index (χ4n) is 1.31. The lowest BCUT2D eigenvalue weighted by atomic mass is 10.3. The molecule has 2 rings (SSSR count). The summed E-state index contributed by atoms with van der Waals surface area (Å²) in [6.07, 6.45) is 1.46. The molecule has 1 aromatic carbocycles. The number of nitrogens with zero attached hydrogens (tertiary/aromatic N) is 5. The zero-order valence-electron chi connectivity index (χ0n) is 9.59. The predicted octanol–water partition coefficient (Wildman–Crippen LogP) is 1.78. The number of aromatic nitrogens is 3. The van der Waals surface area contributed by atoms with E-state index in [1.54, 1.807) is 11.6 Å². The molecule has 0 aliphatic carbocycles. The van der Waals surface area contributed by atoms with Gasteiger partial charge in [0.1, 0.15) is 6.33 Å². The molecule has 0 saturated heterocycles. The molecule has 0 saturated carbocycles. The Balaban J connectivity index is 2.43. The molecule has 9 nitrogen and oxygen atoms in total. The van der Waals surface area contributed by atoms with E-state index in [9.17, 15) is 20.2 Å². The summed E-state index contributed by atoms with van der Waals surface area (Å²) >= 11 is 1.02. The summed E-state index contributed by atoms with van der Waals surface area (Å²) in [5.41, 5.74) is -0.656. The number of non-ortho nitro benzene ring substituents is 1. The summed E-state index contributed by atoms with van der Waals surface area (Å²) in [7, 11) is 1.69. The van der Waals surface area contributed by atoms with Crippen LogP contribution in [0.15, 0.2) is 34.6 Å². The van der Waals surface area contributed by atoms with E-state index in [0.717, 1.165) is 17.8 Å². The Kier molecular flexibility index (Phi) is 3.42. The van der Waals surface area contributed by atoms with Gasteiger partial charge in [0.25, 0.3) is 11.4 Å². The minimum absolute atomic E-state index is 0.270. The number of aryl methyl sites for hydroxylation is 1. The van der Waals surface area contributed by atoms with E-state index in [0.29, 0.717) is 5.16 Å². The highest BCUT2D eigenvalue weighted by molar-refractivity contribution is 7.99. The fraction of sp³-hybridized carbons (Fsp3) is 0.111. The van der Waals surface area contributed by atoms with E-state index in [1.165, 1.54) is 18.5 Å². The van der Waals surface area contributed by atoms with E-state index in [-0.39, 0.29) is 16.3 Å². The Hall–Kier alpha value is -2.49. The summed E-state index contributed by atoms with van der Waals surface area (Å²) in [4.78, 5) is 20.5. The molecule has 2 aromatic rings. The topological polar surface area (TPSA) is 117 Å². The van der Waals surface area contributed by atoms with Crippen molar-refractivity contribution in [3.63, 3.8) is 0 Å². The Morgan fingerprint density at radius 1 is 1.26 bits per heavy atom. The normalized spacial score (nSPS) is 10.4. The van der Waals surface area contributed by atoms with E-state index < -0.39 is 9.85 Å². The van der Waals surface area contributed by atoms with Gasteiger partial charge in [-0.1, -0.05) is 0 Å². The third-order valence-electron chi connectivity index (χ3n) is 2.22. The molecule has 0 aliphatic rings. The van der Waals surface area contributed by atoms with Gasteiger partial charge in [0, 0.05) is 13.1 Å². The van der Waals surface area contributed by atoms with Crippen molar-refractivity contribution in [2.75, 3.05) is 0 Å². The maximum atomic E-state index is 10.9. The number of nitro benzene ring substituents is 2. The minimum Gasteiger partial charge on any atom is -0.311 e. The predicted molar refractivity (Wildman–Crippen MR) is 64.9 cm³/mol. The smallest absolute Gasteiger partial charge is 0.290 e. The Labute approximate surface area is 110 Å². The minimum atomic E-state index is -0.677. The summed E-state index contributed by atoms with van der Waals surface area (Å²) in [6, 6.07) is 3.47. The average Bonchev–Trinajstić information content (AvgIpc) is 2.75. The quantitative estimate of drug-likeness (QED) is 0.619. The van der Waals surface area contributed by atoms with Crippen molar-refractivity contribution in [2.45, 2.75) is 10.1 Å². The Morgan fingerprint density at radius 3 is 2.53 bits per heavy atom. The second-order valence-corrected chi connectivity index (χ2v) is 4.50. The van der Waals surface area contributed by atoms with Crippen LogP contribution in [0.5, 0.6) is 0 Å². The molecule has 0 unspecified atom stereocenters. The van der Waals surface area contributed by atoms with Gasteiger partial charge in [-0.25, -0.2) is 0 Å². The van der Waals surface area contributed by atoms with Crippen LogP contribution in [0.2, 0.25) is 0 Å². The van der Waals surface area contributed by atoms with Crippen LogP contribution in [0, 0.1) is 20.2 Å². The Bertz CT molecular complexity index is 656. The van der Waals surface area contributed by atoms with Gasteiger partial charge in [0.2, 0.25) is 0 Å². The van der Waals surface area contributed by atoms with Crippen LogP contribution in [0.4, 0.5) is 11.4 Å². The number of hydrogen-bond acceptors (Lipinski definition) is 7. The lowest BCUT2D eigenvalue weighted by Gasteiger charge is -2.02. The van der Waals surface area contributed by atoms with Crippen molar-refractivity contribution in [1.29, 1.82) is 0 Å². The molecule has 0 amide bonds. The van der Waals surface area contributed by atoms with Crippen LogP contribution in [0.1, 0.15) is 0 Å². The molecule has 0 aliphatic heterocycles. The molecule has 0 spiro atoms. The van der Waals surface area contributed by atoms with E-state index >= 15 is 0 Å². The third-order valence-corrected chi connectivity index (χ3v) is 3.34. The molecule has 0 atom stereocenters. The molecule has 0 fully saturated rings. The highest BCUT2D eigenvalue weighted by Crippen LogP contribution is 2.35. The van der Waals surface area contributed by atoms with Crippen LogP contribution in [-0.4, -0.2) is 24.6 Å². The average molecular weight is 281 g/mol. The van der Waals surface area contributed by atoms with Crippen LogP contribution in [0.3, 0.4) is 0 Å². The van der Waals surface area contributed by atoms with E-state index in [4.69, 9.17) is 0 Å². The summed E-state index contributed by atoms with van der Waals surface area (Å²) < 4.78 is 1.59. The zero-order valence-corrected chi connectivity index (χ0v) is 10.4. The molecule has 0 bridgehead atoms. The second kappa shape index (κ2) is 5.02. The number of hydrogen-bond donors (Lipinski definition) is 0. The van der Waals surface area contributed by atoms with Gasteiger partial charge < -0.3 is 4.57 Å². The van der Waals surface area contributed by atoms with Crippen molar-refractivity contribution in [3.05, 3.63) is 44.8 Å². The zero-order chi connectivity index (χ0) is 14.0. The van der Waals surface area contributed by atoms with Gasteiger partial charge >= 0.3 is 0 Å². The maximum Gasteiger partial charge on any atom is 0.290 e. The van der Waals surface area contributed by atoms with E-state index in [1.807, 2.05) is 0 Å². The maximum absolute atomic E-state index is 10.9. The van der Waals surface area contributed by atoms with Gasteiger partial charge in [-0.15, -0.1) is 10.2 Å². The molecule has 10 heteroatoms. The second-order valence-electron chi connectivity index (χ2n) is 3.49. The van der Waals surface area contributed by atoms with Gasteiger partial charge in [0.05, 0.1) is 20.8 Å². The van der Waals surface area contributed by atoms with Crippen LogP contribution >= 0.6 is 11.8 Å². The Morgan fingerprint density at radius 2 is 2.00 bits per heavy atom. The first-order chi connectivity index (χ1) is 8.99. The molecule has 19 heavy (non-hydrogen) atoms. The van der Waals surface area contributed by atoms with Crippen molar-refractivity contribution >= 4 is 23.1 Å². The monoisotopic (exact) mass is 281 g/mol.